The molecule has 1 N–H and O–H groups in total. The summed E-state index contributed by atoms with van der Waals surface area (Å²) in [6.45, 7) is 3.35. The maximum Gasteiger partial charge on any atom is 0.101 e. The lowest BCUT2D eigenvalue weighted by Gasteiger charge is -2.26. The van der Waals surface area contributed by atoms with Crippen molar-refractivity contribution in [2.24, 2.45) is 11.8 Å². The summed E-state index contributed by atoms with van der Waals surface area (Å²) in [5.74, 6) is 1.67. The average molecular weight is 263 g/mol. The van der Waals surface area contributed by atoms with Crippen molar-refractivity contribution in [3.63, 3.8) is 0 Å². The fraction of sp³-hybridized carbons (Fsp3) is 0.533. The quantitative estimate of drug-likeness (QED) is 0.874. The smallest absolute Gasteiger partial charge is 0.101 e. The van der Waals surface area contributed by atoms with Gasteiger partial charge in [0, 0.05) is 12.2 Å². The van der Waals surface area contributed by atoms with E-state index in [0.717, 1.165) is 24.1 Å². The van der Waals surface area contributed by atoms with Crippen LogP contribution in [0, 0.1) is 23.2 Å². The topological polar surface area (TPSA) is 35.8 Å². The molecule has 1 saturated carbocycles. The van der Waals surface area contributed by atoms with Crippen molar-refractivity contribution in [2.75, 3.05) is 11.9 Å². The maximum atomic E-state index is 8.81. The Labute approximate surface area is 114 Å². The Balaban J connectivity index is 1.87. The van der Waals surface area contributed by atoms with Crippen LogP contribution in [-0.4, -0.2) is 6.54 Å². The molecule has 0 unspecified atom stereocenters. The number of nitrogens with one attached hydrogen (secondary N) is 1. The highest BCUT2D eigenvalue weighted by Crippen LogP contribution is 2.28. The van der Waals surface area contributed by atoms with Gasteiger partial charge in [0.1, 0.15) is 6.07 Å². The molecule has 1 fully saturated rings. The van der Waals surface area contributed by atoms with Gasteiger partial charge in [0.25, 0.3) is 0 Å². The first-order valence-corrected chi connectivity index (χ1v) is 7.00. The number of nitriles is 1. The molecular weight excluding hydrogens is 244 g/mol. The van der Waals surface area contributed by atoms with E-state index in [9.17, 15) is 0 Å². The molecule has 18 heavy (non-hydrogen) atoms. The van der Waals surface area contributed by atoms with Gasteiger partial charge in [-0.25, -0.2) is 0 Å². The van der Waals surface area contributed by atoms with Crippen LogP contribution in [0.2, 0.25) is 5.02 Å². The number of halogens is 1. The fourth-order valence-electron chi connectivity index (χ4n) is 2.51. The van der Waals surface area contributed by atoms with E-state index in [1.54, 1.807) is 6.07 Å². The first-order chi connectivity index (χ1) is 8.69. The Morgan fingerprint density at radius 3 is 2.67 bits per heavy atom. The third-order valence-electron chi connectivity index (χ3n) is 3.82. The van der Waals surface area contributed by atoms with Gasteiger partial charge < -0.3 is 5.32 Å². The summed E-state index contributed by atoms with van der Waals surface area (Å²) in [6.07, 6.45) is 5.33. The van der Waals surface area contributed by atoms with Crippen LogP contribution in [0.4, 0.5) is 5.69 Å². The Hall–Kier alpha value is -1.20. The van der Waals surface area contributed by atoms with Gasteiger partial charge in [0.2, 0.25) is 0 Å². The van der Waals surface area contributed by atoms with Crippen LogP contribution >= 0.6 is 11.6 Å². The molecule has 96 valence electrons. The van der Waals surface area contributed by atoms with Gasteiger partial charge in [0.05, 0.1) is 10.6 Å². The van der Waals surface area contributed by atoms with E-state index in [1.165, 1.54) is 25.7 Å². The lowest BCUT2D eigenvalue weighted by atomic mass is 9.83. The van der Waals surface area contributed by atoms with E-state index < -0.39 is 0 Å². The van der Waals surface area contributed by atoms with E-state index in [-0.39, 0.29) is 0 Å². The van der Waals surface area contributed by atoms with Gasteiger partial charge in [-0.2, -0.15) is 5.26 Å². The molecule has 1 aliphatic rings. The average Bonchev–Trinajstić information content (AvgIpc) is 2.38. The van der Waals surface area contributed by atoms with Crippen LogP contribution in [-0.2, 0) is 0 Å². The molecule has 1 aromatic rings. The minimum atomic E-state index is 0.528. The first kappa shape index (κ1) is 13.2. The lowest BCUT2D eigenvalue weighted by Crippen LogP contribution is -2.20. The number of anilines is 1. The SMILES string of the molecule is CC1CCC(CNc2ccc(C#N)c(Cl)c2)CC1. The zero-order valence-electron chi connectivity index (χ0n) is 10.7. The summed E-state index contributed by atoms with van der Waals surface area (Å²) in [5.41, 5.74) is 1.55. The fourth-order valence-corrected chi connectivity index (χ4v) is 2.73. The number of hydrogen-bond donors (Lipinski definition) is 1. The minimum absolute atomic E-state index is 0.528. The predicted molar refractivity (Wildman–Crippen MR) is 75.8 cm³/mol. The van der Waals surface area contributed by atoms with Crippen LogP contribution in [0.25, 0.3) is 0 Å². The van der Waals surface area contributed by atoms with E-state index in [2.05, 4.69) is 18.3 Å². The van der Waals surface area contributed by atoms with Gasteiger partial charge in [0.15, 0.2) is 0 Å². The number of nitrogens with zero attached hydrogens (tertiary/aromatic N) is 1. The second kappa shape index (κ2) is 6.11. The third kappa shape index (κ3) is 3.40. The molecule has 0 atom stereocenters. The van der Waals surface area contributed by atoms with Crippen LogP contribution in [0.15, 0.2) is 18.2 Å². The molecule has 2 rings (SSSR count). The molecule has 0 aliphatic heterocycles. The zero-order valence-corrected chi connectivity index (χ0v) is 11.5. The highest BCUT2D eigenvalue weighted by molar-refractivity contribution is 6.32. The zero-order chi connectivity index (χ0) is 13.0. The largest absolute Gasteiger partial charge is 0.385 e. The van der Waals surface area contributed by atoms with Gasteiger partial charge >= 0.3 is 0 Å². The monoisotopic (exact) mass is 262 g/mol. The molecule has 2 nitrogen and oxygen atoms in total. The van der Waals surface area contributed by atoms with Gasteiger partial charge in [-0.1, -0.05) is 31.4 Å². The van der Waals surface area contributed by atoms with Crippen molar-refractivity contribution >= 4 is 17.3 Å². The molecule has 0 aromatic heterocycles. The van der Waals surface area contributed by atoms with Gasteiger partial charge in [-0.3, -0.25) is 0 Å². The van der Waals surface area contributed by atoms with Gasteiger partial charge in [-0.05, 0) is 42.9 Å². The van der Waals surface area contributed by atoms with Crippen molar-refractivity contribution in [3.8, 4) is 6.07 Å². The molecule has 1 aliphatic carbocycles. The van der Waals surface area contributed by atoms with Crippen molar-refractivity contribution in [1.29, 1.82) is 5.26 Å². The molecule has 1 aromatic carbocycles. The van der Waals surface area contributed by atoms with Crippen LogP contribution in [0.5, 0.6) is 0 Å². The number of rotatable bonds is 3. The number of hydrogen-bond acceptors (Lipinski definition) is 2. The molecule has 0 spiro atoms. The Kier molecular flexibility index (Phi) is 4.49. The third-order valence-corrected chi connectivity index (χ3v) is 4.13. The number of benzene rings is 1. The predicted octanol–water partition coefficient (Wildman–Crippen LogP) is 4.45. The molecule has 0 heterocycles. The molecular formula is C15H19ClN2. The molecule has 0 amide bonds. The minimum Gasteiger partial charge on any atom is -0.385 e. The molecule has 0 bridgehead atoms. The standard InChI is InChI=1S/C15H19ClN2/c1-11-2-4-12(5-3-11)10-18-14-7-6-13(9-17)15(16)8-14/h6-8,11-12,18H,2-5,10H2,1H3. The summed E-state index contributed by atoms with van der Waals surface area (Å²) >= 11 is 6.01. The Morgan fingerprint density at radius 1 is 1.33 bits per heavy atom. The van der Waals surface area contributed by atoms with E-state index in [4.69, 9.17) is 16.9 Å². The van der Waals surface area contributed by atoms with Crippen molar-refractivity contribution in [1.82, 2.24) is 0 Å². The molecule has 3 heteroatoms. The Morgan fingerprint density at radius 2 is 2.06 bits per heavy atom. The van der Waals surface area contributed by atoms with Gasteiger partial charge in [-0.15, -0.1) is 0 Å². The second-order valence-electron chi connectivity index (χ2n) is 5.31. The highest BCUT2D eigenvalue weighted by Gasteiger charge is 2.17. The summed E-state index contributed by atoms with van der Waals surface area (Å²) < 4.78 is 0. The molecule has 0 radical (unpaired) electrons. The Bertz CT molecular complexity index is 442. The van der Waals surface area contributed by atoms with E-state index in [1.807, 2.05) is 12.1 Å². The summed E-state index contributed by atoms with van der Waals surface area (Å²) in [7, 11) is 0. The maximum absolute atomic E-state index is 8.81. The highest BCUT2D eigenvalue weighted by atomic mass is 35.5. The summed E-state index contributed by atoms with van der Waals surface area (Å²) in [6, 6.07) is 7.61. The lowest BCUT2D eigenvalue weighted by molar-refractivity contribution is 0.300. The van der Waals surface area contributed by atoms with E-state index in [0.29, 0.717) is 10.6 Å². The molecule has 0 saturated heterocycles. The van der Waals surface area contributed by atoms with Crippen LogP contribution in [0.3, 0.4) is 0 Å². The van der Waals surface area contributed by atoms with Crippen molar-refractivity contribution in [2.45, 2.75) is 32.6 Å². The van der Waals surface area contributed by atoms with Crippen LogP contribution < -0.4 is 5.32 Å². The summed E-state index contributed by atoms with van der Waals surface area (Å²) in [5, 5.41) is 12.8. The normalized spacial score (nSPS) is 23.4. The van der Waals surface area contributed by atoms with E-state index >= 15 is 0 Å². The van der Waals surface area contributed by atoms with Crippen molar-refractivity contribution < 1.29 is 0 Å². The van der Waals surface area contributed by atoms with Crippen LogP contribution in [0.1, 0.15) is 38.2 Å². The summed E-state index contributed by atoms with van der Waals surface area (Å²) in [4.78, 5) is 0. The second-order valence-corrected chi connectivity index (χ2v) is 5.72. The first-order valence-electron chi connectivity index (χ1n) is 6.62. The van der Waals surface area contributed by atoms with Crippen molar-refractivity contribution in [3.05, 3.63) is 28.8 Å².